The van der Waals surface area contributed by atoms with E-state index in [4.69, 9.17) is 4.99 Å². The number of nitrogens with zero attached hydrogens (tertiary/aromatic N) is 4. The lowest BCUT2D eigenvalue weighted by molar-refractivity contribution is 0.179. The maximum absolute atomic E-state index is 15.4. The van der Waals surface area contributed by atoms with Gasteiger partial charge in [-0.3, -0.25) is 9.69 Å². The molecule has 10 heteroatoms. The number of amidine groups is 1. The zero-order valence-corrected chi connectivity index (χ0v) is 24.2. The van der Waals surface area contributed by atoms with E-state index in [9.17, 15) is 4.79 Å². The Morgan fingerprint density at radius 3 is 2.51 bits per heavy atom. The van der Waals surface area contributed by atoms with E-state index in [2.05, 4.69) is 55.1 Å². The smallest absolute Gasteiger partial charge is 0.251 e. The van der Waals surface area contributed by atoms with Gasteiger partial charge in [0.15, 0.2) is 10.6 Å². The molecule has 0 aliphatic carbocycles. The summed E-state index contributed by atoms with van der Waals surface area (Å²) >= 11 is 1.58. The van der Waals surface area contributed by atoms with Crippen LogP contribution in [0.5, 0.6) is 0 Å². The highest BCUT2D eigenvalue weighted by molar-refractivity contribution is 7.99. The molecule has 0 spiro atoms. The predicted molar refractivity (Wildman–Crippen MR) is 150 cm³/mol. The van der Waals surface area contributed by atoms with E-state index in [-0.39, 0.29) is 17.1 Å². The van der Waals surface area contributed by atoms with Gasteiger partial charge >= 0.3 is 0 Å². The number of alkyl halides is 1. The second-order valence-corrected chi connectivity index (χ2v) is 11.8. The van der Waals surface area contributed by atoms with Crippen molar-refractivity contribution in [2.45, 2.75) is 77.5 Å². The molecule has 2 aliphatic heterocycles. The first-order valence-corrected chi connectivity index (χ1v) is 14.3. The van der Waals surface area contributed by atoms with Crippen LogP contribution < -0.4 is 10.9 Å². The lowest BCUT2D eigenvalue weighted by atomic mass is 9.91. The quantitative estimate of drug-likeness (QED) is 0.225. The standard InChI is InChI=1S/C23H38FN6OPS.C2H6/c1-5-8-23(24,32)17-16-18(27-20(26-17)22(2,3)4)30-13-11-29(12-14-30)10-6-15-33-21-25-9-7-19(31)28-21;1-2/h7,9,16,20,26H,5-6,8,10-15,32H2,1-4H3,(H,25,28,31);1-2H3. The topological polar surface area (TPSA) is 76.6 Å². The van der Waals surface area contributed by atoms with Gasteiger partial charge in [-0.2, -0.15) is 0 Å². The molecule has 1 aromatic heterocycles. The zero-order valence-electron chi connectivity index (χ0n) is 22.2. The summed E-state index contributed by atoms with van der Waals surface area (Å²) in [5.74, 6) is 1.80. The van der Waals surface area contributed by atoms with Crippen LogP contribution in [0.3, 0.4) is 0 Å². The Balaban J connectivity index is 0.00000210. The molecule has 3 unspecified atom stereocenters. The Morgan fingerprint density at radius 1 is 1.23 bits per heavy atom. The number of aromatic amines is 1. The highest BCUT2D eigenvalue weighted by Gasteiger charge is 2.36. The fourth-order valence-electron chi connectivity index (χ4n) is 3.92. The Morgan fingerprint density at radius 2 is 1.91 bits per heavy atom. The normalized spacial score (nSPS) is 20.7. The van der Waals surface area contributed by atoms with Gasteiger partial charge in [0, 0.05) is 55.7 Å². The van der Waals surface area contributed by atoms with Crippen molar-refractivity contribution in [3.05, 3.63) is 34.4 Å². The Kier molecular flexibility index (Phi) is 11.7. The van der Waals surface area contributed by atoms with Crippen molar-refractivity contribution < 1.29 is 4.39 Å². The number of halogens is 1. The Bertz CT molecular complexity index is 906. The molecule has 0 bridgehead atoms. The third-order valence-corrected chi connectivity index (χ3v) is 7.48. The summed E-state index contributed by atoms with van der Waals surface area (Å²) < 4.78 is 15.4. The molecule has 1 aromatic rings. The van der Waals surface area contributed by atoms with Gasteiger partial charge in [-0.15, -0.1) is 0 Å². The van der Waals surface area contributed by atoms with Crippen LogP contribution in [-0.4, -0.2) is 75.7 Å². The number of H-pyrrole nitrogens is 1. The van der Waals surface area contributed by atoms with E-state index in [1.54, 1.807) is 18.0 Å². The molecule has 1 saturated heterocycles. The van der Waals surface area contributed by atoms with E-state index < -0.39 is 5.41 Å². The molecule has 3 atom stereocenters. The van der Waals surface area contributed by atoms with Gasteiger partial charge in [0.25, 0.3) is 5.56 Å². The molecule has 35 heavy (non-hydrogen) atoms. The van der Waals surface area contributed by atoms with E-state index in [0.29, 0.717) is 17.3 Å². The van der Waals surface area contributed by atoms with Crippen LogP contribution in [0.1, 0.15) is 60.8 Å². The van der Waals surface area contributed by atoms with Gasteiger partial charge in [-0.05, 0) is 19.4 Å². The molecule has 0 saturated carbocycles. The molecule has 3 rings (SSSR count). The summed E-state index contributed by atoms with van der Waals surface area (Å²) in [6, 6.07) is 1.43. The predicted octanol–water partition coefficient (Wildman–Crippen LogP) is 4.49. The number of aliphatic imine (C=N–C) groups is 1. The van der Waals surface area contributed by atoms with Gasteiger partial charge in [-0.25, -0.2) is 14.4 Å². The van der Waals surface area contributed by atoms with E-state index in [1.807, 2.05) is 26.8 Å². The fraction of sp³-hybridized carbons (Fsp3) is 0.720. The van der Waals surface area contributed by atoms with Crippen LogP contribution in [0, 0.1) is 5.41 Å². The number of hydrogen-bond donors (Lipinski definition) is 2. The summed E-state index contributed by atoms with van der Waals surface area (Å²) in [6.07, 6.45) is 5.55. The molecular weight excluding hydrogens is 482 g/mol. The number of thioether (sulfide) groups is 1. The number of aromatic nitrogens is 2. The van der Waals surface area contributed by atoms with Gasteiger partial charge in [0.2, 0.25) is 0 Å². The van der Waals surface area contributed by atoms with E-state index in [1.165, 1.54) is 6.07 Å². The lowest BCUT2D eigenvalue weighted by Crippen LogP contribution is -2.52. The third kappa shape index (κ3) is 9.18. The number of nitrogens with one attached hydrogen (secondary N) is 2. The molecule has 0 amide bonds. The van der Waals surface area contributed by atoms with Crippen molar-refractivity contribution in [3.63, 3.8) is 0 Å². The highest BCUT2D eigenvalue weighted by Crippen LogP contribution is 2.36. The second kappa shape index (κ2) is 13.8. The zero-order chi connectivity index (χ0) is 26.1. The molecule has 0 aromatic carbocycles. The average molecular weight is 527 g/mol. The molecule has 1 fully saturated rings. The summed E-state index contributed by atoms with van der Waals surface area (Å²) in [5, 5.41) is 2.57. The summed E-state index contributed by atoms with van der Waals surface area (Å²) in [5.41, 5.74) is 0.387. The minimum absolute atomic E-state index is 0.114. The van der Waals surface area contributed by atoms with Gasteiger partial charge in [-0.1, -0.05) is 69.0 Å². The number of piperazine rings is 1. The van der Waals surface area contributed by atoms with Crippen LogP contribution in [0.4, 0.5) is 4.39 Å². The summed E-state index contributed by atoms with van der Waals surface area (Å²) in [4.78, 5) is 28.0. The van der Waals surface area contributed by atoms with Crippen molar-refractivity contribution in [1.29, 1.82) is 0 Å². The van der Waals surface area contributed by atoms with E-state index in [0.717, 1.165) is 57.2 Å². The first kappa shape index (κ1) is 29.8. The Labute approximate surface area is 217 Å². The SMILES string of the molecule is CC.CCCC(F)(P)C1=CC(N2CCN(CCCSc3nccc(=O)[nH]3)CC2)=NC(C(C)(C)C)N1. The Hall–Kier alpha value is -1.44. The fourth-order valence-corrected chi connectivity index (χ4v) is 5.15. The highest BCUT2D eigenvalue weighted by atomic mass is 32.2. The van der Waals surface area contributed by atoms with Crippen molar-refractivity contribution in [1.82, 2.24) is 25.1 Å². The van der Waals surface area contributed by atoms with Gasteiger partial charge in [0.05, 0.1) is 5.70 Å². The first-order chi connectivity index (χ1) is 16.6. The number of rotatable bonds is 8. The molecule has 7 nitrogen and oxygen atoms in total. The van der Waals surface area contributed by atoms with Crippen molar-refractivity contribution in [2.24, 2.45) is 10.4 Å². The second-order valence-electron chi connectivity index (χ2n) is 9.84. The van der Waals surface area contributed by atoms with Crippen molar-refractivity contribution in [3.8, 4) is 0 Å². The maximum atomic E-state index is 15.4. The van der Waals surface area contributed by atoms with Crippen molar-refractivity contribution >= 4 is 26.8 Å². The monoisotopic (exact) mass is 526 g/mol. The molecule has 3 heterocycles. The molecule has 0 radical (unpaired) electrons. The number of hydrogen-bond acceptors (Lipinski definition) is 7. The van der Waals surface area contributed by atoms with Crippen LogP contribution >= 0.6 is 21.0 Å². The largest absolute Gasteiger partial charge is 0.364 e. The molecule has 2 aliphatic rings. The van der Waals surface area contributed by atoms with Crippen LogP contribution in [0.2, 0.25) is 0 Å². The van der Waals surface area contributed by atoms with Gasteiger partial charge < -0.3 is 15.2 Å². The third-order valence-electron chi connectivity index (χ3n) is 5.91. The minimum Gasteiger partial charge on any atom is -0.364 e. The molecule has 198 valence electrons. The lowest BCUT2D eigenvalue weighted by Gasteiger charge is -2.41. The van der Waals surface area contributed by atoms with Gasteiger partial charge in [0.1, 0.15) is 12.0 Å². The van der Waals surface area contributed by atoms with Crippen LogP contribution in [0.15, 0.2) is 39.0 Å². The first-order valence-electron chi connectivity index (χ1n) is 12.8. The number of allylic oxidation sites excluding steroid dienone is 1. The van der Waals surface area contributed by atoms with Crippen molar-refractivity contribution in [2.75, 3.05) is 38.5 Å². The van der Waals surface area contributed by atoms with Crippen LogP contribution in [-0.2, 0) is 0 Å². The summed E-state index contributed by atoms with van der Waals surface area (Å²) in [6.45, 7) is 17.1. The summed E-state index contributed by atoms with van der Waals surface area (Å²) in [7, 11) is 2.40. The minimum atomic E-state index is -1.46. The maximum Gasteiger partial charge on any atom is 0.251 e. The van der Waals surface area contributed by atoms with E-state index >= 15 is 4.39 Å². The average Bonchev–Trinajstić information content (AvgIpc) is 2.83. The molecular formula is C25H44FN6OPS. The molecule has 2 N–H and O–H groups in total. The van der Waals surface area contributed by atoms with Crippen LogP contribution in [0.25, 0.3) is 0 Å².